The highest BCUT2D eigenvalue weighted by atomic mass is 16.2. The molecule has 1 fully saturated rings. The largest absolute Gasteiger partial charge is 0.360 e. The van der Waals surface area contributed by atoms with E-state index in [0.29, 0.717) is 17.2 Å². The van der Waals surface area contributed by atoms with Crippen LogP contribution in [0.15, 0.2) is 72.1 Å². The quantitative estimate of drug-likeness (QED) is 0.497. The van der Waals surface area contributed by atoms with Crippen molar-refractivity contribution < 1.29 is 9.59 Å². The Hall–Kier alpha value is -3.28. The Morgan fingerprint density at radius 1 is 0.741 bits per heavy atom. The lowest BCUT2D eigenvalue weighted by Gasteiger charge is -2.37. The molecule has 3 rings (SSSR count). The van der Waals surface area contributed by atoms with E-state index < -0.39 is 11.8 Å². The van der Waals surface area contributed by atoms with E-state index in [1.807, 2.05) is 60.3 Å². The molecule has 2 aromatic rings. The van der Waals surface area contributed by atoms with Crippen molar-refractivity contribution in [3.05, 3.63) is 72.1 Å². The summed E-state index contributed by atoms with van der Waals surface area (Å²) in [5, 5.41) is 5.67. The van der Waals surface area contributed by atoms with Crippen LogP contribution in [-0.2, 0) is 9.59 Å². The predicted octanol–water partition coefficient (Wildman–Crippen LogP) is 2.74. The molecule has 2 N–H and O–H groups in total. The van der Waals surface area contributed by atoms with E-state index in [1.165, 1.54) is 0 Å². The fraction of sp³-hybridized carbons (Fsp3) is 0.238. The van der Waals surface area contributed by atoms with Gasteiger partial charge in [-0.05, 0) is 30.7 Å². The van der Waals surface area contributed by atoms with Crippen LogP contribution in [0.1, 0.15) is 6.42 Å². The van der Waals surface area contributed by atoms with E-state index in [4.69, 9.17) is 0 Å². The number of hydrogen-bond acceptors (Lipinski definition) is 4. The number of anilines is 2. The molecule has 1 saturated heterocycles. The normalized spacial score (nSPS) is 13.9. The Bertz CT molecular complexity index is 766. The van der Waals surface area contributed by atoms with Crippen molar-refractivity contribution in [3.8, 4) is 0 Å². The van der Waals surface area contributed by atoms with Gasteiger partial charge in [-0.3, -0.25) is 9.59 Å². The van der Waals surface area contributed by atoms with Crippen molar-refractivity contribution in [2.24, 2.45) is 0 Å². The van der Waals surface area contributed by atoms with Crippen molar-refractivity contribution in [2.75, 3.05) is 37.8 Å². The van der Waals surface area contributed by atoms with E-state index in [-0.39, 0.29) is 5.57 Å². The van der Waals surface area contributed by atoms with Crippen molar-refractivity contribution in [1.29, 1.82) is 0 Å². The molecule has 2 aromatic carbocycles. The van der Waals surface area contributed by atoms with Crippen LogP contribution >= 0.6 is 0 Å². The Labute approximate surface area is 159 Å². The Kier molecular flexibility index (Phi) is 5.76. The summed E-state index contributed by atoms with van der Waals surface area (Å²) in [5.41, 5.74) is 1.40. The molecule has 6 heteroatoms. The Morgan fingerprint density at radius 2 is 1.15 bits per heavy atom. The second-order valence-corrected chi connectivity index (χ2v) is 6.54. The summed E-state index contributed by atoms with van der Waals surface area (Å²) in [7, 11) is 3.80. The van der Waals surface area contributed by atoms with Crippen molar-refractivity contribution >= 4 is 23.2 Å². The van der Waals surface area contributed by atoms with Gasteiger partial charge in [0.1, 0.15) is 11.4 Å². The maximum atomic E-state index is 13.1. The van der Waals surface area contributed by atoms with Crippen molar-refractivity contribution in [3.63, 3.8) is 0 Å². The number of benzene rings is 2. The first-order valence-corrected chi connectivity index (χ1v) is 8.95. The molecule has 27 heavy (non-hydrogen) atoms. The maximum Gasteiger partial charge on any atom is 0.264 e. The summed E-state index contributed by atoms with van der Waals surface area (Å²) in [6.07, 6.45) is 0.977. The number of carbonyl (C=O) groups excluding carboxylic acids is 2. The van der Waals surface area contributed by atoms with Crippen LogP contribution in [0.2, 0.25) is 0 Å². The smallest absolute Gasteiger partial charge is 0.264 e. The first-order valence-electron chi connectivity index (χ1n) is 8.95. The predicted molar refractivity (Wildman–Crippen MR) is 107 cm³/mol. The molecule has 0 saturated carbocycles. The lowest BCUT2D eigenvalue weighted by atomic mass is 10.1. The molecule has 2 amide bonds. The summed E-state index contributed by atoms with van der Waals surface area (Å²) >= 11 is 0. The molecule has 1 heterocycles. The Balaban J connectivity index is 1.95. The van der Waals surface area contributed by atoms with Crippen LogP contribution in [-0.4, -0.2) is 48.8 Å². The number of rotatable bonds is 4. The highest BCUT2D eigenvalue weighted by molar-refractivity contribution is 6.26. The van der Waals surface area contributed by atoms with Gasteiger partial charge in [0, 0.05) is 38.6 Å². The topological polar surface area (TPSA) is 64.7 Å². The molecule has 0 aliphatic carbocycles. The van der Waals surface area contributed by atoms with Crippen LogP contribution in [0.25, 0.3) is 0 Å². The standard InChI is InChI=1S/C21H24N4O2/c1-24-14-9-15-25(2)21(24)18(19(26)22-16-10-5-3-6-11-16)20(27)23-17-12-7-4-8-13-17/h3-8,10-13H,9,14-15H2,1-2H3,(H,22,26)(H,23,27). The highest BCUT2D eigenvalue weighted by Gasteiger charge is 2.30. The van der Waals surface area contributed by atoms with E-state index >= 15 is 0 Å². The average Bonchev–Trinajstić information content (AvgIpc) is 2.66. The first kappa shape index (κ1) is 18.5. The van der Waals surface area contributed by atoms with Gasteiger partial charge >= 0.3 is 0 Å². The molecule has 1 aliphatic heterocycles. The summed E-state index contributed by atoms with van der Waals surface area (Å²) < 4.78 is 0. The van der Waals surface area contributed by atoms with Gasteiger partial charge in [0.2, 0.25) is 0 Å². The molecule has 0 bridgehead atoms. The number of para-hydroxylation sites is 2. The van der Waals surface area contributed by atoms with Crippen LogP contribution in [0.4, 0.5) is 11.4 Å². The maximum absolute atomic E-state index is 13.1. The van der Waals surface area contributed by atoms with Crippen LogP contribution in [0.5, 0.6) is 0 Å². The summed E-state index contributed by atoms with van der Waals surface area (Å²) in [6.45, 7) is 1.58. The van der Waals surface area contributed by atoms with E-state index in [2.05, 4.69) is 10.6 Å². The van der Waals surface area contributed by atoms with Gasteiger partial charge in [-0.1, -0.05) is 36.4 Å². The molecule has 0 radical (unpaired) electrons. The molecule has 0 spiro atoms. The monoisotopic (exact) mass is 364 g/mol. The van der Waals surface area contributed by atoms with Gasteiger partial charge in [0.05, 0.1) is 0 Å². The van der Waals surface area contributed by atoms with Gasteiger partial charge in [0.25, 0.3) is 11.8 Å². The first-order chi connectivity index (χ1) is 13.1. The number of nitrogens with zero attached hydrogens (tertiary/aromatic N) is 2. The average molecular weight is 364 g/mol. The minimum atomic E-state index is -0.426. The zero-order valence-corrected chi connectivity index (χ0v) is 15.6. The summed E-state index contributed by atoms with van der Waals surface area (Å²) in [5.74, 6) is -0.224. The molecular weight excluding hydrogens is 340 g/mol. The highest BCUT2D eigenvalue weighted by Crippen LogP contribution is 2.21. The molecule has 0 atom stereocenters. The Morgan fingerprint density at radius 3 is 1.56 bits per heavy atom. The van der Waals surface area contributed by atoms with Gasteiger partial charge in [-0.2, -0.15) is 0 Å². The third kappa shape index (κ3) is 4.47. The van der Waals surface area contributed by atoms with Gasteiger partial charge in [0.15, 0.2) is 0 Å². The fourth-order valence-corrected chi connectivity index (χ4v) is 3.17. The number of carbonyl (C=O) groups is 2. The van der Waals surface area contributed by atoms with Crippen LogP contribution in [0, 0.1) is 0 Å². The molecule has 0 aromatic heterocycles. The van der Waals surface area contributed by atoms with Crippen LogP contribution in [0.3, 0.4) is 0 Å². The second kappa shape index (κ2) is 8.40. The van der Waals surface area contributed by atoms with E-state index in [0.717, 1.165) is 19.5 Å². The fourth-order valence-electron chi connectivity index (χ4n) is 3.17. The third-order valence-electron chi connectivity index (χ3n) is 4.45. The van der Waals surface area contributed by atoms with Crippen molar-refractivity contribution in [2.45, 2.75) is 6.42 Å². The zero-order valence-electron chi connectivity index (χ0n) is 15.6. The lowest BCUT2D eigenvalue weighted by molar-refractivity contribution is -0.119. The van der Waals surface area contributed by atoms with Gasteiger partial charge < -0.3 is 20.4 Å². The molecule has 140 valence electrons. The zero-order chi connectivity index (χ0) is 19.2. The van der Waals surface area contributed by atoms with E-state index in [9.17, 15) is 9.59 Å². The lowest BCUT2D eigenvalue weighted by Crippen LogP contribution is -2.42. The summed E-state index contributed by atoms with van der Waals surface area (Å²) in [4.78, 5) is 30.0. The molecule has 0 unspecified atom stereocenters. The molecule has 6 nitrogen and oxygen atoms in total. The minimum absolute atomic E-state index is 0.104. The second-order valence-electron chi connectivity index (χ2n) is 6.54. The SMILES string of the molecule is CN1CCCN(C)C1=C(C(=O)Nc1ccccc1)C(=O)Nc1ccccc1. The minimum Gasteiger partial charge on any atom is -0.360 e. The van der Waals surface area contributed by atoms with Gasteiger partial charge in [-0.25, -0.2) is 0 Å². The third-order valence-corrected chi connectivity index (χ3v) is 4.45. The van der Waals surface area contributed by atoms with Crippen LogP contribution < -0.4 is 10.6 Å². The summed E-state index contributed by atoms with van der Waals surface area (Å²) in [6, 6.07) is 18.3. The van der Waals surface area contributed by atoms with Gasteiger partial charge in [-0.15, -0.1) is 0 Å². The number of amides is 2. The van der Waals surface area contributed by atoms with E-state index in [1.54, 1.807) is 24.3 Å². The molecular formula is C21H24N4O2. The molecule has 1 aliphatic rings. The number of hydrogen-bond donors (Lipinski definition) is 2. The number of nitrogens with one attached hydrogen (secondary N) is 2. The van der Waals surface area contributed by atoms with Crippen molar-refractivity contribution in [1.82, 2.24) is 9.80 Å².